The summed E-state index contributed by atoms with van der Waals surface area (Å²) in [5, 5.41) is 12.0. The summed E-state index contributed by atoms with van der Waals surface area (Å²) in [6, 6.07) is 8.64. The molecule has 0 saturated carbocycles. The first-order valence-electron chi connectivity index (χ1n) is 7.48. The quantitative estimate of drug-likeness (QED) is 0.836. The molecule has 1 fully saturated rings. The van der Waals surface area contributed by atoms with Crippen molar-refractivity contribution in [1.29, 1.82) is 0 Å². The standard InChI is InChI=1S/C16H24N2O2/c1-13(5-10-16(19)20)17-14-6-8-15(9-7-14)18-11-3-2-4-12-18/h6-9,13,17H,2-5,10-12H2,1H3,(H,19,20). The third kappa shape index (κ3) is 4.44. The van der Waals surface area contributed by atoms with Crippen LogP contribution in [0.3, 0.4) is 0 Å². The maximum absolute atomic E-state index is 10.5. The summed E-state index contributed by atoms with van der Waals surface area (Å²) in [6.07, 6.45) is 4.76. The predicted octanol–water partition coefficient (Wildman–Crippen LogP) is 3.34. The summed E-state index contributed by atoms with van der Waals surface area (Å²) in [7, 11) is 0. The van der Waals surface area contributed by atoms with Crippen LogP contribution in [0, 0.1) is 0 Å². The molecule has 1 aliphatic rings. The summed E-state index contributed by atoms with van der Waals surface area (Å²) in [4.78, 5) is 13.0. The van der Waals surface area contributed by atoms with E-state index in [1.54, 1.807) is 0 Å². The van der Waals surface area contributed by atoms with Crippen LogP contribution < -0.4 is 10.2 Å². The smallest absolute Gasteiger partial charge is 0.303 e. The monoisotopic (exact) mass is 276 g/mol. The first-order valence-corrected chi connectivity index (χ1v) is 7.48. The number of hydrogen-bond acceptors (Lipinski definition) is 3. The number of carboxylic acid groups (broad SMARTS) is 1. The third-order valence-corrected chi connectivity index (χ3v) is 3.79. The molecule has 1 saturated heterocycles. The molecule has 1 aromatic carbocycles. The van der Waals surface area contributed by atoms with E-state index in [0.717, 1.165) is 18.8 Å². The van der Waals surface area contributed by atoms with E-state index in [1.807, 2.05) is 6.92 Å². The van der Waals surface area contributed by atoms with E-state index < -0.39 is 5.97 Å². The third-order valence-electron chi connectivity index (χ3n) is 3.79. The lowest BCUT2D eigenvalue weighted by molar-refractivity contribution is -0.137. The molecule has 4 nitrogen and oxygen atoms in total. The van der Waals surface area contributed by atoms with Crippen molar-refractivity contribution in [2.45, 2.75) is 45.1 Å². The van der Waals surface area contributed by atoms with Crippen LogP contribution in [0.25, 0.3) is 0 Å². The molecular weight excluding hydrogens is 252 g/mol. The van der Waals surface area contributed by atoms with Gasteiger partial charge in [0.05, 0.1) is 0 Å². The zero-order chi connectivity index (χ0) is 14.4. The van der Waals surface area contributed by atoms with Crippen LogP contribution in [0.4, 0.5) is 11.4 Å². The van der Waals surface area contributed by atoms with Crippen molar-refractivity contribution in [2.24, 2.45) is 0 Å². The number of anilines is 2. The summed E-state index contributed by atoms with van der Waals surface area (Å²) >= 11 is 0. The van der Waals surface area contributed by atoms with Gasteiger partial charge in [-0.25, -0.2) is 0 Å². The molecule has 0 aliphatic carbocycles. The van der Waals surface area contributed by atoms with E-state index in [2.05, 4.69) is 34.5 Å². The van der Waals surface area contributed by atoms with Crippen LogP contribution in [-0.4, -0.2) is 30.2 Å². The highest BCUT2D eigenvalue weighted by Crippen LogP contribution is 2.22. The normalized spacial score (nSPS) is 16.8. The van der Waals surface area contributed by atoms with Crippen LogP contribution in [0.1, 0.15) is 39.0 Å². The Morgan fingerprint density at radius 1 is 1.25 bits per heavy atom. The number of carbonyl (C=O) groups is 1. The van der Waals surface area contributed by atoms with Gasteiger partial charge in [-0.15, -0.1) is 0 Å². The van der Waals surface area contributed by atoms with Crippen molar-refractivity contribution in [2.75, 3.05) is 23.3 Å². The average Bonchev–Trinajstić information content (AvgIpc) is 2.47. The molecule has 0 amide bonds. The Morgan fingerprint density at radius 2 is 1.90 bits per heavy atom. The summed E-state index contributed by atoms with van der Waals surface area (Å²) in [5.41, 5.74) is 2.34. The van der Waals surface area contributed by atoms with Crippen molar-refractivity contribution in [1.82, 2.24) is 0 Å². The number of aliphatic carboxylic acids is 1. The topological polar surface area (TPSA) is 52.6 Å². The highest BCUT2D eigenvalue weighted by molar-refractivity contribution is 5.66. The number of hydrogen-bond donors (Lipinski definition) is 2. The summed E-state index contributed by atoms with van der Waals surface area (Å²) < 4.78 is 0. The Hall–Kier alpha value is -1.71. The van der Waals surface area contributed by atoms with Crippen LogP contribution in [0.2, 0.25) is 0 Å². The Balaban J connectivity index is 1.85. The van der Waals surface area contributed by atoms with Crippen LogP contribution >= 0.6 is 0 Å². The average molecular weight is 276 g/mol. The van der Waals surface area contributed by atoms with Gasteiger partial charge in [-0.1, -0.05) is 0 Å². The van der Waals surface area contributed by atoms with Gasteiger partial charge in [-0.05, 0) is 56.9 Å². The van der Waals surface area contributed by atoms with Gasteiger partial charge >= 0.3 is 5.97 Å². The van der Waals surface area contributed by atoms with Gasteiger partial charge in [0, 0.05) is 36.9 Å². The van der Waals surface area contributed by atoms with Gasteiger partial charge < -0.3 is 15.3 Å². The molecule has 1 unspecified atom stereocenters. The fourth-order valence-electron chi connectivity index (χ4n) is 2.62. The van der Waals surface area contributed by atoms with Gasteiger partial charge in [0.25, 0.3) is 0 Å². The van der Waals surface area contributed by atoms with Crippen molar-refractivity contribution in [3.63, 3.8) is 0 Å². The van der Waals surface area contributed by atoms with Gasteiger partial charge in [0.1, 0.15) is 0 Å². The van der Waals surface area contributed by atoms with E-state index in [-0.39, 0.29) is 12.5 Å². The van der Waals surface area contributed by atoms with Gasteiger partial charge in [-0.2, -0.15) is 0 Å². The number of rotatable bonds is 6. The molecule has 0 spiro atoms. The Morgan fingerprint density at radius 3 is 2.50 bits per heavy atom. The second-order valence-electron chi connectivity index (χ2n) is 5.57. The van der Waals surface area contributed by atoms with Crippen molar-refractivity contribution in [3.05, 3.63) is 24.3 Å². The van der Waals surface area contributed by atoms with Crippen molar-refractivity contribution in [3.8, 4) is 0 Å². The van der Waals surface area contributed by atoms with E-state index in [4.69, 9.17) is 5.11 Å². The Bertz CT molecular complexity index is 425. The summed E-state index contributed by atoms with van der Waals surface area (Å²) in [6.45, 7) is 4.32. The zero-order valence-corrected chi connectivity index (χ0v) is 12.1. The van der Waals surface area contributed by atoms with Crippen LogP contribution in [0.15, 0.2) is 24.3 Å². The molecule has 0 radical (unpaired) electrons. The Labute approximate surface area is 120 Å². The maximum atomic E-state index is 10.5. The number of nitrogens with zero attached hydrogens (tertiary/aromatic N) is 1. The van der Waals surface area contributed by atoms with Crippen molar-refractivity contribution < 1.29 is 9.90 Å². The fourth-order valence-corrected chi connectivity index (χ4v) is 2.62. The van der Waals surface area contributed by atoms with E-state index in [1.165, 1.54) is 24.9 Å². The van der Waals surface area contributed by atoms with Crippen LogP contribution in [0.5, 0.6) is 0 Å². The molecule has 110 valence electrons. The van der Waals surface area contributed by atoms with E-state index in [0.29, 0.717) is 6.42 Å². The first kappa shape index (κ1) is 14.7. The highest BCUT2D eigenvalue weighted by Gasteiger charge is 2.11. The fraction of sp³-hybridized carbons (Fsp3) is 0.562. The largest absolute Gasteiger partial charge is 0.481 e. The van der Waals surface area contributed by atoms with Crippen molar-refractivity contribution >= 4 is 17.3 Å². The molecule has 1 heterocycles. The SMILES string of the molecule is CC(CCC(=O)O)Nc1ccc(N2CCCCC2)cc1. The maximum Gasteiger partial charge on any atom is 0.303 e. The lowest BCUT2D eigenvalue weighted by Gasteiger charge is -2.29. The van der Waals surface area contributed by atoms with Gasteiger partial charge in [-0.3, -0.25) is 4.79 Å². The van der Waals surface area contributed by atoms with E-state index in [9.17, 15) is 4.79 Å². The summed E-state index contributed by atoms with van der Waals surface area (Å²) in [5.74, 6) is -0.737. The van der Waals surface area contributed by atoms with Crippen LogP contribution in [-0.2, 0) is 4.79 Å². The van der Waals surface area contributed by atoms with Gasteiger partial charge in [0.2, 0.25) is 0 Å². The molecule has 2 rings (SSSR count). The lowest BCUT2D eigenvalue weighted by atomic mass is 10.1. The zero-order valence-electron chi connectivity index (χ0n) is 12.1. The molecule has 1 aliphatic heterocycles. The second-order valence-corrected chi connectivity index (χ2v) is 5.57. The molecule has 0 bridgehead atoms. The molecule has 4 heteroatoms. The Kier molecular flexibility index (Phi) is 5.27. The molecule has 1 atom stereocenters. The minimum Gasteiger partial charge on any atom is -0.481 e. The lowest BCUT2D eigenvalue weighted by Crippen LogP contribution is -2.29. The molecule has 1 aromatic rings. The highest BCUT2D eigenvalue weighted by atomic mass is 16.4. The number of nitrogens with one attached hydrogen (secondary N) is 1. The molecular formula is C16H24N2O2. The predicted molar refractivity (Wildman–Crippen MR) is 82.5 cm³/mol. The van der Waals surface area contributed by atoms with E-state index >= 15 is 0 Å². The minimum atomic E-state index is -0.737. The number of benzene rings is 1. The molecule has 2 N–H and O–H groups in total. The second kappa shape index (κ2) is 7.17. The minimum absolute atomic E-state index is 0.173. The van der Waals surface area contributed by atoms with Gasteiger partial charge in [0.15, 0.2) is 0 Å². The molecule has 0 aromatic heterocycles. The first-order chi connectivity index (χ1) is 9.65. The molecule has 20 heavy (non-hydrogen) atoms. The number of piperidine rings is 1. The number of carboxylic acids is 1.